The normalized spacial score (nSPS) is 18.7. The smallest absolute Gasteiger partial charge is 0.164 e. The molecule has 0 amide bonds. The van der Waals surface area contributed by atoms with Gasteiger partial charge in [-0.3, -0.25) is 0 Å². The number of nitrogens with one attached hydrogen (secondary N) is 2. The quantitative estimate of drug-likeness (QED) is 0.513. The van der Waals surface area contributed by atoms with Crippen LogP contribution in [0.25, 0.3) is 0 Å². The molecule has 0 fully saturated rings. The van der Waals surface area contributed by atoms with Gasteiger partial charge in [-0.15, -0.1) is 0 Å². The van der Waals surface area contributed by atoms with E-state index < -0.39 is 5.23 Å². The third kappa shape index (κ3) is 2.90. The number of phenols is 1. The zero-order valence-corrected chi connectivity index (χ0v) is 12.2. The van der Waals surface area contributed by atoms with Crippen LogP contribution in [0.1, 0.15) is 23.6 Å². The second kappa shape index (κ2) is 5.94. The number of hydrogen-bond donors (Lipinski definition) is 4. The molecule has 1 aliphatic heterocycles. The minimum Gasteiger partial charge on any atom is -0.595 e. The molecule has 2 aromatic carbocycles. The number of phenolic OH excluding ortho intramolecular Hbond substituents is 1. The molecule has 0 aromatic heterocycles. The zero-order chi connectivity index (χ0) is 15.7. The van der Waals surface area contributed by atoms with Crippen molar-refractivity contribution in [3.63, 3.8) is 0 Å². The van der Waals surface area contributed by atoms with Crippen molar-refractivity contribution in [2.24, 2.45) is 5.10 Å². The second-order valence-electron chi connectivity index (χ2n) is 5.03. The van der Waals surface area contributed by atoms with Gasteiger partial charge < -0.3 is 15.7 Å². The molecule has 2 atom stereocenters. The Hall–Kier alpha value is -2.12. The first-order valence-electron chi connectivity index (χ1n) is 6.69. The summed E-state index contributed by atoms with van der Waals surface area (Å²) in [5, 5.41) is 33.9. The van der Waals surface area contributed by atoms with Crippen LogP contribution in [-0.4, -0.2) is 16.0 Å². The van der Waals surface area contributed by atoms with Crippen LogP contribution in [0.15, 0.2) is 47.6 Å². The molecule has 7 heteroatoms. The fourth-order valence-electron chi connectivity index (χ4n) is 2.40. The Morgan fingerprint density at radius 3 is 2.64 bits per heavy atom. The average molecular weight is 320 g/mol. The molecule has 114 valence electrons. The summed E-state index contributed by atoms with van der Waals surface area (Å²) in [7, 11) is 0. The molecule has 3 rings (SSSR count). The van der Waals surface area contributed by atoms with Crippen LogP contribution in [0.5, 0.6) is 5.75 Å². The monoisotopic (exact) mass is 319 g/mol. The Bertz CT molecular complexity index is 716. The highest BCUT2D eigenvalue weighted by atomic mass is 35.5. The van der Waals surface area contributed by atoms with Crippen LogP contribution in [0.2, 0.25) is 5.02 Å². The molecule has 4 N–H and O–H groups in total. The maximum absolute atomic E-state index is 11.0. The van der Waals surface area contributed by atoms with Gasteiger partial charge in [0.25, 0.3) is 0 Å². The second-order valence-corrected chi connectivity index (χ2v) is 5.47. The van der Waals surface area contributed by atoms with Gasteiger partial charge in [-0.1, -0.05) is 23.7 Å². The van der Waals surface area contributed by atoms with Crippen LogP contribution in [0, 0.1) is 5.21 Å². The molecule has 0 aliphatic carbocycles. The molecule has 2 aromatic rings. The largest absolute Gasteiger partial charge is 0.595 e. The number of aromatic hydroxyl groups is 1. The highest BCUT2D eigenvalue weighted by Gasteiger charge is 2.23. The molecular formula is C15H14ClN3O3. The van der Waals surface area contributed by atoms with Gasteiger partial charge in [0.1, 0.15) is 5.75 Å². The molecule has 2 unspecified atom stereocenters. The lowest BCUT2D eigenvalue weighted by molar-refractivity contribution is -0.991. The molecule has 6 nitrogen and oxygen atoms in total. The predicted molar refractivity (Wildman–Crippen MR) is 82.4 cm³/mol. The van der Waals surface area contributed by atoms with E-state index in [1.165, 1.54) is 18.2 Å². The molecular weight excluding hydrogens is 306 g/mol. The maximum Gasteiger partial charge on any atom is 0.164 e. The van der Waals surface area contributed by atoms with Gasteiger partial charge in [-0.2, -0.15) is 10.3 Å². The van der Waals surface area contributed by atoms with Crippen molar-refractivity contribution < 1.29 is 15.5 Å². The first-order chi connectivity index (χ1) is 10.5. The number of quaternary nitrogens is 1. The van der Waals surface area contributed by atoms with Crippen molar-refractivity contribution >= 4 is 23.0 Å². The van der Waals surface area contributed by atoms with E-state index in [1.54, 1.807) is 12.1 Å². The van der Waals surface area contributed by atoms with Gasteiger partial charge in [0.05, 0.1) is 11.8 Å². The number of hydrogen-bond acceptors (Lipinski definition) is 5. The summed E-state index contributed by atoms with van der Waals surface area (Å²) in [5.74, 6) is 0.0160. The minimum atomic E-state index is -1.04. The first kappa shape index (κ1) is 14.8. The highest BCUT2D eigenvalue weighted by Crippen LogP contribution is 2.29. The topological polar surface area (TPSA) is 92.4 Å². The highest BCUT2D eigenvalue weighted by molar-refractivity contribution is 6.30. The van der Waals surface area contributed by atoms with E-state index >= 15 is 0 Å². The Labute approximate surface area is 131 Å². The Morgan fingerprint density at radius 2 is 1.95 bits per heavy atom. The number of nitrogens with zero attached hydrogens (tertiary/aromatic N) is 1. The van der Waals surface area contributed by atoms with Crippen molar-refractivity contribution in [2.75, 3.05) is 0 Å². The van der Waals surface area contributed by atoms with Crippen molar-refractivity contribution in [1.82, 2.24) is 5.43 Å². The van der Waals surface area contributed by atoms with Crippen molar-refractivity contribution in [3.05, 3.63) is 63.8 Å². The molecule has 0 radical (unpaired) electrons. The summed E-state index contributed by atoms with van der Waals surface area (Å²) in [4.78, 5) is 0. The van der Waals surface area contributed by atoms with Crippen LogP contribution in [0.4, 0.5) is 5.69 Å². The Morgan fingerprint density at radius 1 is 1.23 bits per heavy atom. The fraction of sp³-hybridized carbons (Fsp3) is 0.133. The van der Waals surface area contributed by atoms with Gasteiger partial charge in [-0.05, 0) is 23.8 Å². The summed E-state index contributed by atoms with van der Waals surface area (Å²) in [6, 6.07) is 11.6. The summed E-state index contributed by atoms with van der Waals surface area (Å²) in [6.45, 7) is 0. The molecule has 1 heterocycles. The van der Waals surface area contributed by atoms with Crippen molar-refractivity contribution in [1.29, 1.82) is 0 Å². The lowest BCUT2D eigenvalue weighted by atomic mass is 9.98. The fourth-order valence-corrected chi connectivity index (χ4v) is 2.52. The van der Waals surface area contributed by atoms with E-state index in [1.807, 2.05) is 12.1 Å². The number of benzene rings is 2. The van der Waals surface area contributed by atoms with Crippen LogP contribution in [0.3, 0.4) is 0 Å². The number of rotatable bonds is 3. The molecule has 0 saturated carbocycles. The van der Waals surface area contributed by atoms with E-state index in [9.17, 15) is 10.3 Å². The van der Waals surface area contributed by atoms with Crippen molar-refractivity contribution in [3.8, 4) is 5.75 Å². The summed E-state index contributed by atoms with van der Waals surface area (Å²) < 4.78 is 0. The van der Waals surface area contributed by atoms with E-state index in [4.69, 9.17) is 16.8 Å². The van der Waals surface area contributed by atoms with Gasteiger partial charge in [-0.25, -0.2) is 5.21 Å². The van der Waals surface area contributed by atoms with Gasteiger partial charge in [0.2, 0.25) is 0 Å². The Balaban J connectivity index is 1.83. The first-order valence-corrected chi connectivity index (χ1v) is 7.06. The standard InChI is InChI=1S/C15H14ClN3O3/c16-10-3-1-9(2-4-10)13-8-14(18-17-13)12-7-11(19(21)22)5-6-15(12)20/h1-7,13,17,19-21H,8H2. The summed E-state index contributed by atoms with van der Waals surface area (Å²) in [5.41, 5.74) is 5.20. The maximum atomic E-state index is 11.0. The number of hydrazone groups is 1. The van der Waals surface area contributed by atoms with Crippen molar-refractivity contribution in [2.45, 2.75) is 12.5 Å². The molecule has 0 spiro atoms. The van der Waals surface area contributed by atoms with Crippen LogP contribution < -0.4 is 10.7 Å². The molecule has 0 saturated heterocycles. The SMILES string of the molecule is [O-][NH+](O)c1ccc(O)c(C2=NNC(c3ccc(Cl)cc3)C2)c1. The number of halogens is 1. The Kier molecular flexibility index (Phi) is 4.00. The van der Waals surface area contributed by atoms with Gasteiger partial charge in [0, 0.05) is 29.1 Å². The average Bonchev–Trinajstić information content (AvgIpc) is 2.98. The van der Waals surface area contributed by atoms with E-state index in [-0.39, 0.29) is 17.5 Å². The van der Waals surface area contributed by atoms with Crippen LogP contribution >= 0.6 is 11.6 Å². The third-order valence-electron chi connectivity index (χ3n) is 3.58. The summed E-state index contributed by atoms with van der Waals surface area (Å²) in [6.07, 6.45) is 0.554. The van der Waals surface area contributed by atoms with Gasteiger partial charge in [0.15, 0.2) is 5.69 Å². The lowest BCUT2D eigenvalue weighted by Crippen LogP contribution is -2.99. The van der Waals surface area contributed by atoms with E-state index in [2.05, 4.69) is 10.5 Å². The zero-order valence-electron chi connectivity index (χ0n) is 11.5. The van der Waals surface area contributed by atoms with Gasteiger partial charge >= 0.3 is 0 Å². The molecule has 1 aliphatic rings. The van der Waals surface area contributed by atoms with E-state index in [0.717, 1.165) is 5.56 Å². The third-order valence-corrected chi connectivity index (χ3v) is 3.83. The minimum absolute atomic E-state index is 0.0160. The van der Waals surface area contributed by atoms with E-state index in [0.29, 0.717) is 22.7 Å². The lowest BCUT2D eigenvalue weighted by Gasteiger charge is -2.13. The summed E-state index contributed by atoms with van der Waals surface area (Å²) >= 11 is 5.87. The molecule has 22 heavy (non-hydrogen) atoms. The predicted octanol–water partition coefficient (Wildman–Crippen LogP) is 1.89. The van der Waals surface area contributed by atoms with Crippen LogP contribution in [-0.2, 0) is 0 Å². The molecule has 0 bridgehead atoms.